The number of aromatic nitrogens is 1. The summed E-state index contributed by atoms with van der Waals surface area (Å²) in [4.78, 5) is 16.2. The fourth-order valence-electron chi connectivity index (χ4n) is 1.69. The Bertz CT molecular complexity index is 618. The summed E-state index contributed by atoms with van der Waals surface area (Å²) < 4.78 is 5.27. The van der Waals surface area contributed by atoms with Crippen molar-refractivity contribution in [2.75, 3.05) is 17.3 Å². The molecule has 7 heteroatoms. The molecule has 0 spiro atoms. The molecule has 0 saturated heterocycles. The van der Waals surface area contributed by atoms with Crippen molar-refractivity contribution in [2.24, 2.45) is 5.73 Å². The lowest BCUT2D eigenvalue weighted by Gasteiger charge is -2.05. The van der Waals surface area contributed by atoms with Crippen LogP contribution in [0, 0.1) is 0 Å². The van der Waals surface area contributed by atoms with Crippen LogP contribution in [-0.4, -0.2) is 22.9 Å². The van der Waals surface area contributed by atoms with Gasteiger partial charge in [0.2, 0.25) is 5.89 Å². The molecule has 0 fully saturated rings. The number of carbonyl (C=O) groups is 1. The molecular weight excluding hydrogens is 310 g/mol. The highest BCUT2D eigenvalue weighted by molar-refractivity contribution is 7.98. The molecule has 21 heavy (non-hydrogen) atoms. The molecule has 1 heterocycles. The summed E-state index contributed by atoms with van der Waals surface area (Å²) in [5.74, 6) is 0.928. The lowest BCUT2D eigenvalue weighted by Crippen LogP contribution is -2.14. The van der Waals surface area contributed by atoms with Gasteiger partial charge in [0, 0.05) is 10.7 Å². The number of hydrogen-bond acceptors (Lipinski definition) is 5. The average Bonchev–Trinajstić information content (AvgIpc) is 2.94. The number of hydrogen-bond donors (Lipinski definition) is 2. The molecule has 0 aliphatic carbocycles. The number of rotatable bonds is 6. The van der Waals surface area contributed by atoms with E-state index in [0.29, 0.717) is 16.6 Å². The van der Waals surface area contributed by atoms with E-state index in [1.807, 2.05) is 6.26 Å². The van der Waals surface area contributed by atoms with E-state index in [1.165, 1.54) is 6.26 Å². The SMILES string of the molecule is CSCCC(N)c1nc(C(=O)Nc2cccc(Cl)c2)co1. The third-order valence-corrected chi connectivity index (χ3v) is 3.67. The fourth-order valence-corrected chi connectivity index (χ4v) is 2.37. The number of thioether (sulfide) groups is 1. The number of benzene rings is 1. The van der Waals surface area contributed by atoms with E-state index in [2.05, 4.69) is 10.3 Å². The van der Waals surface area contributed by atoms with Crippen LogP contribution in [0.4, 0.5) is 5.69 Å². The highest BCUT2D eigenvalue weighted by Gasteiger charge is 2.17. The molecule has 0 saturated carbocycles. The molecule has 5 nitrogen and oxygen atoms in total. The Morgan fingerprint density at radius 2 is 2.38 bits per heavy atom. The van der Waals surface area contributed by atoms with Crippen LogP contribution < -0.4 is 11.1 Å². The number of halogens is 1. The number of carbonyl (C=O) groups excluding carboxylic acids is 1. The summed E-state index contributed by atoms with van der Waals surface area (Å²) in [7, 11) is 0. The summed E-state index contributed by atoms with van der Waals surface area (Å²) >= 11 is 7.56. The van der Waals surface area contributed by atoms with Crippen LogP contribution in [-0.2, 0) is 0 Å². The van der Waals surface area contributed by atoms with Gasteiger partial charge in [-0.3, -0.25) is 4.79 Å². The quantitative estimate of drug-likeness (QED) is 0.851. The van der Waals surface area contributed by atoms with Gasteiger partial charge in [0.25, 0.3) is 5.91 Å². The molecule has 1 amide bonds. The molecule has 112 valence electrons. The molecule has 0 radical (unpaired) electrons. The van der Waals surface area contributed by atoms with Crippen molar-refractivity contribution in [1.29, 1.82) is 0 Å². The van der Waals surface area contributed by atoms with Crippen LogP contribution in [0.5, 0.6) is 0 Å². The Labute approximate surface area is 132 Å². The Morgan fingerprint density at radius 1 is 1.57 bits per heavy atom. The third kappa shape index (κ3) is 4.49. The van der Waals surface area contributed by atoms with Gasteiger partial charge in [-0.2, -0.15) is 11.8 Å². The minimum Gasteiger partial charge on any atom is -0.446 e. The summed E-state index contributed by atoms with van der Waals surface area (Å²) in [6, 6.07) is 6.59. The summed E-state index contributed by atoms with van der Waals surface area (Å²) in [5.41, 5.74) is 6.75. The second-order valence-electron chi connectivity index (χ2n) is 4.42. The molecule has 2 aromatic rings. The van der Waals surface area contributed by atoms with Crippen LogP contribution >= 0.6 is 23.4 Å². The van der Waals surface area contributed by atoms with Crippen molar-refractivity contribution < 1.29 is 9.21 Å². The zero-order valence-corrected chi connectivity index (χ0v) is 13.1. The molecule has 1 aromatic heterocycles. The van der Waals surface area contributed by atoms with Gasteiger partial charge in [0.05, 0.1) is 6.04 Å². The Morgan fingerprint density at radius 3 is 3.10 bits per heavy atom. The van der Waals surface area contributed by atoms with Crippen molar-refractivity contribution in [3.63, 3.8) is 0 Å². The highest BCUT2D eigenvalue weighted by atomic mass is 35.5. The van der Waals surface area contributed by atoms with Crippen molar-refractivity contribution in [2.45, 2.75) is 12.5 Å². The zero-order chi connectivity index (χ0) is 15.2. The second-order valence-corrected chi connectivity index (χ2v) is 5.85. The van der Waals surface area contributed by atoms with Gasteiger partial charge in [0.15, 0.2) is 5.69 Å². The van der Waals surface area contributed by atoms with Crippen molar-refractivity contribution in [3.05, 3.63) is 47.1 Å². The zero-order valence-electron chi connectivity index (χ0n) is 11.5. The topological polar surface area (TPSA) is 81.1 Å². The van der Waals surface area contributed by atoms with Gasteiger partial charge in [-0.15, -0.1) is 0 Å². The molecule has 0 aliphatic heterocycles. The predicted octanol–water partition coefficient (Wildman–Crippen LogP) is 3.33. The molecule has 1 aromatic carbocycles. The Kier molecular flexibility index (Phi) is 5.67. The molecule has 3 N–H and O–H groups in total. The first kappa shape index (κ1) is 15.9. The van der Waals surface area contributed by atoms with E-state index in [9.17, 15) is 4.79 Å². The normalized spacial score (nSPS) is 12.1. The molecule has 0 bridgehead atoms. The van der Waals surface area contributed by atoms with Gasteiger partial charge in [-0.1, -0.05) is 17.7 Å². The van der Waals surface area contributed by atoms with Crippen LogP contribution in [0.15, 0.2) is 34.9 Å². The standard InChI is InChI=1S/C14H16ClN3O2S/c1-21-6-5-11(16)14-18-12(8-20-14)13(19)17-10-4-2-3-9(15)7-10/h2-4,7-8,11H,5-6,16H2,1H3,(H,17,19). The molecule has 1 unspecified atom stereocenters. The largest absolute Gasteiger partial charge is 0.446 e. The average molecular weight is 326 g/mol. The number of oxazole rings is 1. The van der Waals surface area contributed by atoms with Gasteiger partial charge in [-0.05, 0) is 36.6 Å². The van der Waals surface area contributed by atoms with Crippen molar-refractivity contribution in [1.82, 2.24) is 4.98 Å². The lowest BCUT2D eigenvalue weighted by atomic mass is 10.2. The van der Waals surface area contributed by atoms with Crippen LogP contribution in [0.3, 0.4) is 0 Å². The van der Waals surface area contributed by atoms with E-state index in [-0.39, 0.29) is 17.6 Å². The summed E-state index contributed by atoms with van der Waals surface area (Å²) in [5, 5.41) is 3.25. The number of amides is 1. The van der Waals surface area contributed by atoms with Gasteiger partial charge in [0.1, 0.15) is 6.26 Å². The molecule has 1 atom stereocenters. The number of anilines is 1. The van der Waals surface area contributed by atoms with Gasteiger partial charge in [-0.25, -0.2) is 4.98 Å². The lowest BCUT2D eigenvalue weighted by molar-refractivity contribution is 0.102. The smallest absolute Gasteiger partial charge is 0.277 e. The minimum atomic E-state index is -0.357. The number of nitrogens with one attached hydrogen (secondary N) is 1. The monoisotopic (exact) mass is 325 g/mol. The molecular formula is C14H16ClN3O2S. The minimum absolute atomic E-state index is 0.199. The number of nitrogens with zero attached hydrogens (tertiary/aromatic N) is 1. The maximum atomic E-state index is 12.1. The predicted molar refractivity (Wildman–Crippen MR) is 85.8 cm³/mol. The first-order chi connectivity index (χ1) is 10.1. The highest BCUT2D eigenvalue weighted by Crippen LogP contribution is 2.18. The van der Waals surface area contributed by atoms with Crippen molar-refractivity contribution in [3.8, 4) is 0 Å². The van der Waals surface area contributed by atoms with Crippen molar-refractivity contribution >= 4 is 35.0 Å². The van der Waals surface area contributed by atoms with Gasteiger partial charge >= 0.3 is 0 Å². The van der Waals surface area contributed by atoms with E-state index >= 15 is 0 Å². The van der Waals surface area contributed by atoms with E-state index in [4.69, 9.17) is 21.8 Å². The first-order valence-electron chi connectivity index (χ1n) is 6.37. The van der Waals surface area contributed by atoms with Gasteiger partial charge < -0.3 is 15.5 Å². The van der Waals surface area contributed by atoms with Crippen LogP contribution in [0.25, 0.3) is 0 Å². The maximum Gasteiger partial charge on any atom is 0.277 e. The summed E-state index contributed by atoms with van der Waals surface area (Å²) in [6.45, 7) is 0. The Balaban J connectivity index is 2.02. The maximum absolute atomic E-state index is 12.1. The molecule has 2 rings (SSSR count). The van der Waals surface area contributed by atoms with Crippen LogP contribution in [0.1, 0.15) is 28.8 Å². The fraction of sp³-hybridized carbons (Fsp3) is 0.286. The van der Waals surface area contributed by atoms with E-state index in [0.717, 1.165) is 12.2 Å². The third-order valence-electron chi connectivity index (χ3n) is 2.79. The number of nitrogens with two attached hydrogens (primary N) is 1. The Hall–Kier alpha value is -1.50. The van der Waals surface area contributed by atoms with Crippen LogP contribution in [0.2, 0.25) is 5.02 Å². The van der Waals surface area contributed by atoms with E-state index in [1.54, 1.807) is 36.0 Å². The first-order valence-corrected chi connectivity index (χ1v) is 8.14. The summed E-state index contributed by atoms with van der Waals surface area (Å²) in [6.07, 6.45) is 4.07. The molecule has 0 aliphatic rings. The van der Waals surface area contributed by atoms with E-state index < -0.39 is 0 Å². The second kappa shape index (κ2) is 7.49.